The van der Waals surface area contributed by atoms with E-state index >= 15 is 0 Å². The zero-order valence-electron chi connectivity index (χ0n) is 32.8. The molecule has 9 rings (SSSR count). The molecule has 11 nitrogen and oxygen atoms in total. The summed E-state index contributed by atoms with van der Waals surface area (Å²) in [6, 6.07) is 31.5. The van der Waals surface area contributed by atoms with Crippen LogP contribution in [0, 0.1) is 0 Å². The lowest BCUT2D eigenvalue weighted by atomic mass is 10.1. The topological polar surface area (TPSA) is 109 Å². The number of hydrogen-bond donors (Lipinski definition) is 3. The maximum Gasteiger partial charge on any atom is 0.241 e. The van der Waals surface area contributed by atoms with Gasteiger partial charge in [-0.2, -0.15) is 0 Å². The van der Waals surface area contributed by atoms with Gasteiger partial charge in [0.25, 0.3) is 0 Å². The molecule has 0 spiro atoms. The predicted molar refractivity (Wildman–Crippen MR) is 225 cm³/mol. The average Bonchev–Trinajstić information content (AvgIpc) is 3.63. The number of amides is 1. The lowest BCUT2D eigenvalue weighted by molar-refractivity contribution is -0.117. The van der Waals surface area contributed by atoms with Crippen LogP contribution in [0.15, 0.2) is 96.0 Å². The normalized spacial score (nSPS) is 17.7. The first-order chi connectivity index (χ1) is 27.9. The Morgan fingerprint density at radius 1 is 0.772 bits per heavy atom. The third-order valence-corrected chi connectivity index (χ3v) is 11.6. The summed E-state index contributed by atoms with van der Waals surface area (Å²) in [6.45, 7) is 4.63. The van der Waals surface area contributed by atoms with Crippen molar-refractivity contribution in [1.29, 1.82) is 0 Å². The summed E-state index contributed by atoms with van der Waals surface area (Å²) in [7, 11) is 5.09. The summed E-state index contributed by atoms with van der Waals surface area (Å²) in [4.78, 5) is 22.8. The minimum absolute atomic E-state index is 0.141. The number of nitrogens with zero attached hydrogens (tertiary/aromatic N) is 3. The molecular weight excluding hydrogens is 717 g/mol. The van der Waals surface area contributed by atoms with Crippen LogP contribution in [0.1, 0.15) is 40.3 Å². The molecule has 4 aliphatic heterocycles. The summed E-state index contributed by atoms with van der Waals surface area (Å²) in [5, 5.41) is 9.76. The van der Waals surface area contributed by atoms with E-state index in [0.717, 1.165) is 66.1 Å². The Morgan fingerprint density at radius 2 is 1.40 bits per heavy atom. The second kappa shape index (κ2) is 15.4. The molecule has 4 heterocycles. The van der Waals surface area contributed by atoms with Gasteiger partial charge in [0.05, 0.1) is 38.0 Å². The number of para-hydroxylation sites is 2. The molecule has 2 unspecified atom stereocenters. The molecule has 3 N–H and O–H groups in total. The van der Waals surface area contributed by atoms with E-state index in [1.165, 1.54) is 22.5 Å². The molecule has 0 saturated heterocycles. The zero-order chi connectivity index (χ0) is 39.0. The van der Waals surface area contributed by atoms with Crippen LogP contribution in [-0.2, 0) is 43.9 Å². The Morgan fingerprint density at radius 3 is 2.11 bits per heavy atom. The quantitative estimate of drug-likeness (QED) is 0.127. The van der Waals surface area contributed by atoms with Gasteiger partial charge in [0.1, 0.15) is 13.2 Å². The number of carbonyl (C=O) groups is 1. The van der Waals surface area contributed by atoms with Crippen LogP contribution in [0.2, 0.25) is 0 Å². The van der Waals surface area contributed by atoms with Crippen molar-refractivity contribution in [2.45, 2.75) is 64.2 Å². The number of ether oxygens (including phenoxy) is 4. The SMILES string of the molecule is CNC(C)C(=O)Nc1cc(COc2cc3c(cc2OC)CN2c4ccccc4C[C@H]2C=N3)cc(COc2cc3c(cc2OC)CN2c4ccccc4CC2CN3)c1. The van der Waals surface area contributed by atoms with Gasteiger partial charge in [0.2, 0.25) is 5.91 Å². The molecular formula is C46H48N6O5. The number of hydrogen-bond acceptors (Lipinski definition) is 10. The lowest BCUT2D eigenvalue weighted by Crippen LogP contribution is -2.35. The molecule has 0 aromatic heterocycles. The van der Waals surface area contributed by atoms with Crippen LogP contribution in [0.25, 0.3) is 0 Å². The lowest BCUT2D eigenvalue weighted by Gasteiger charge is -2.25. The third kappa shape index (κ3) is 7.19. The Bertz CT molecular complexity index is 2360. The number of fused-ring (bicyclic) bond motifs is 8. The first-order valence-electron chi connectivity index (χ1n) is 19.6. The number of nitrogens with one attached hydrogen (secondary N) is 3. The zero-order valence-corrected chi connectivity index (χ0v) is 32.8. The first kappa shape index (κ1) is 36.4. The van der Waals surface area contributed by atoms with Gasteiger partial charge >= 0.3 is 0 Å². The van der Waals surface area contributed by atoms with Crippen LogP contribution in [0.3, 0.4) is 0 Å². The predicted octanol–water partition coefficient (Wildman–Crippen LogP) is 7.41. The molecule has 0 saturated carbocycles. The van der Waals surface area contributed by atoms with Crippen LogP contribution in [0.4, 0.5) is 28.4 Å². The van der Waals surface area contributed by atoms with Crippen LogP contribution >= 0.6 is 0 Å². The summed E-state index contributed by atoms with van der Waals surface area (Å²) in [5.41, 5.74) is 11.8. The maximum absolute atomic E-state index is 13.0. The fourth-order valence-corrected chi connectivity index (χ4v) is 8.48. The number of aliphatic imine (C=N–C) groups is 1. The smallest absolute Gasteiger partial charge is 0.241 e. The summed E-state index contributed by atoms with van der Waals surface area (Å²) < 4.78 is 24.7. The third-order valence-electron chi connectivity index (χ3n) is 11.6. The highest BCUT2D eigenvalue weighted by atomic mass is 16.5. The van der Waals surface area contributed by atoms with Crippen molar-refractivity contribution in [3.05, 3.63) is 124 Å². The van der Waals surface area contributed by atoms with Crippen LogP contribution in [-0.4, -0.2) is 58.1 Å². The molecule has 1 amide bonds. The number of anilines is 4. The number of benzene rings is 5. The fraction of sp³-hybridized carbons (Fsp3) is 0.304. The van der Waals surface area contributed by atoms with Gasteiger partial charge in [-0.15, -0.1) is 0 Å². The standard InChI is InChI=1S/C46H48N6O5/c1-28(47-2)46(53)50-35-14-29(26-56-44-20-38-33(18-42(44)54-3)24-51-36(22-48-38)16-31-9-5-7-11-40(31)51)13-30(15-35)27-57-45-21-39-34(19-43(45)55-4)25-52-37(23-49-39)17-32-10-6-8-12-41(32)52/h5-15,18-22,28,36-37,47,49H,16-17,23-27H2,1-4H3,(H,50,53)/t28?,36-,37?/m0/s1. The molecule has 4 aliphatic rings. The summed E-state index contributed by atoms with van der Waals surface area (Å²) in [6.07, 6.45) is 4.00. The van der Waals surface area contributed by atoms with Crippen molar-refractivity contribution >= 4 is 40.6 Å². The number of methoxy groups -OCH3 is 2. The van der Waals surface area contributed by atoms with Gasteiger partial charge < -0.3 is 44.7 Å². The molecule has 0 fully saturated rings. The molecule has 0 aliphatic carbocycles. The van der Waals surface area contributed by atoms with Gasteiger partial charge in [-0.05, 0) is 97.1 Å². The first-order valence-corrected chi connectivity index (χ1v) is 19.6. The number of carbonyl (C=O) groups excluding carboxylic acids is 1. The second-order valence-corrected chi connectivity index (χ2v) is 15.2. The molecule has 11 heteroatoms. The maximum atomic E-state index is 13.0. The van der Waals surface area contributed by atoms with E-state index in [4.69, 9.17) is 23.9 Å². The summed E-state index contributed by atoms with van der Waals surface area (Å²) in [5.74, 6) is 2.40. The summed E-state index contributed by atoms with van der Waals surface area (Å²) >= 11 is 0. The van der Waals surface area contributed by atoms with Crippen molar-refractivity contribution in [1.82, 2.24) is 5.32 Å². The van der Waals surface area contributed by atoms with Crippen molar-refractivity contribution in [3.8, 4) is 23.0 Å². The Labute approximate surface area is 333 Å². The van der Waals surface area contributed by atoms with Crippen molar-refractivity contribution in [2.75, 3.05) is 48.2 Å². The second-order valence-electron chi connectivity index (χ2n) is 15.2. The van der Waals surface area contributed by atoms with E-state index in [1.54, 1.807) is 21.3 Å². The molecule has 5 aromatic rings. The molecule has 0 bridgehead atoms. The van der Waals surface area contributed by atoms with E-state index in [1.807, 2.05) is 49.5 Å². The largest absolute Gasteiger partial charge is 0.493 e. The minimum atomic E-state index is -0.376. The van der Waals surface area contributed by atoms with Gasteiger partial charge in [-0.25, -0.2) is 0 Å². The molecule has 0 radical (unpaired) electrons. The monoisotopic (exact) mass is 764 g/mol. The van der Waals surface area contributed by atoms with E-state index in [2.05, 4.69) is 80.3 Å². The van der Waals surface area contributed by atoms with Gasteiger partial charge in [0, 0.05) is 66.3 Å². The van der Waals surface area contributed by atoms with E-state index in [-0.39, 0.29) is 31.2 Å². The molecule has 3 atom stereocenters. The van der Waals surface area contributed by atoms with Crippen molar-refractivity contribution < 1.29 is 23.7 Å². The van der Waals surface area contributed by atoms with Gasteiger partial charge in [-0.3, -0.25) is 9.79 Å². The Kier molecular flexibility index (Phi) is 9.83. The Balaban J connectivity index is 0.949. The van der Waals surface area contributed by atoms with Crippen LogP contribution in [0.5, 0.6) is 23.0 Å². The average molecular weight is 765 g/mol. The van der Waals surface area contributed by atoms with E-state index in [0.29, 0.717) is 34.7 Å². The Hall–Kier alpha value is -6.20. The van der Waals surface area contributed by atoms with Crippen molar-refractivity contribution in [3.63, 3.8) is 0 Å². The molecule has 5 aromatic carbocycles. The van der Waals surface area contributed by atoms with Crippen LogP contribution < -0.4 is 44.7 Å². The fourth-order valence-electron chi connectivity index (χ4n) is 8.48. The van der Waals surface area contributed by atoms with Gasteiger partial charge in [0.15, 0.2) is 23.0 Å². The highest BCUT2D eigenvalue weighted by Crippen LogP contribution is 2.43. The van der Waals surface area contributed by atoms with E-state index < -0.39 is 0 Å². The number of likely N-dealkylation sites (N-methyl/N-ethyl adjacent to an activating group) is 1. The highest BCUT2D eigenvalue weighted by molar-refractivity contribution is 5.94. The number of rotatable bonds is 11. The molecule has 57 heavy (non-hydrogen) atoms. The highest BCUT2D eigenvalue weighted by Gasteiger charge is 2.33. The van der Waals surface area contributed by atoms with Gasteiger partial charge in [-0.1, -0.05) is 36.4 Å². The van der Waals surface area contributed by atoms with Crippen molar-refractivity contribution in [2.24, 2.45) is 4.99 Å². The minimum Gasteiger partial charge on any atom is -0.493 e. The molecule has 292 valence electrons. The van der Waals surface area contributed by atoms with E-state index in [9.17, 15) is 4.79 Å².